The van der Waals surface area contributed by atoms with Gasteiger partial charge in [-0.15, -0.1) is 11.3 Å². The molecule has 1 aromatic heterocycles. The molecule has 2 rings (SSSR count). The maximum atomic E-state index is 12.6. The Morgan fingerprint density at radius 3 is 2.57 bits per heavy atom. The number of amides is 1. The Hall–Kier alpha value is -1.86. The van der Waals surface area contributed by atoms with E-state index < -0.39 is 10.0 Å². The van der Waals surface area contributed by atoms with Crippen LogP contribution < -0.4 is 9.62 Å². The first-order valence-corrected chi connectivity index (χ1v) is 9.61. The fraction of sp³-hybridized carbons (Fsp3) is 0.312. The van der Waals surface area contributed by atoms with Gasteiger partial charge in [-0.25, -0.2) is 8.42 Å². The molecule has 5 nitrogen and oxygen atoms in total. The third-order valence-corrected chi connectivity index (χ3v) is 6.41. The fourth-order valence-electron chi connectivity index (χ4n) is 1.90. The van der Waals surface area contributed by atoms with Gasteiger partial charge in [0.15, 0.2) is 0 Å². The van der Waals surface area contributed by atoms with E-state index >= 15 is 0 Å². The molecule has 1 heterocycles. The molecule has 0 fully saturated rings. The fourth-order valence-corrected chi connectivity index (χ4v) is 4.26. The van der Waals surface area contributed by atoms with E-state index in [1.54, 1.807) is 24.3 Å². The molecule has 0 saturated carbocycles. The number of sulfonamides is 1. The van der Waals surface area contributed by atoms with E-state index in [4.69, 9.17) is 0 Å². The van der Waals surface area contributed by atoms with E-state index in [-0.39, 0.29) is 16.8 Å². The van der Waals surface area contributed by atoms with Gasteiger partial charge in [-0.3, -0.25) is 9.10 Å². The number of benzene rings is 1. The van der Waals surface area contributed by atoms with Crippen LogP contribution >= 0.6 is 11.3 Å². The van der Waals surface area contributed by atoms with Gasteiger partial charge >= 0.3 is 0 Å². The maximum absolute atomic E-state index is 12.6. The summed E-state index contributed by atoms with van der Waals surface area (Å²) in [6, 6.07) is 10.3. The molecule has 0 aliphatic rings. The van der Waals surface area contributed by atoms with E-state index in [1.807, 2.05) is 19.9 Å². The standard InChI is InChI=1S/C16H20N2O3S2/c1-4-12(2)17-16(19)15-10-14(11-22-15)23(20,21)18(3)13-8-6-5-7-9-13/h5-12H,4H2,1-3H3,(H,17,19). The first kappa shape index (κ1) is 17.5. The first-order chi connectivity index (χ1) is 10.9. The molecule has 0 spiro atoms. The number of hydrogen-bond acceptors (Lipinski definition) is 4. The van der Waals surface area contributed by atoms with Crippen molar-refractivity contribution in [3.63, 3.8) is 0 Å². The highest BCUT2D eigenvalue weighted by Crippen LogP contribution is 2.25. The van der Waals surface area contributed by atoms with E-state index in [2.05, 4.69) is 5.32 Å². The zero-order valence-electron chi connectivity index (χ0n) is 13.3. The zero-order valence-corrected chi connectivity index (χ0v) is 14.9. The minimum atomic E-state index is -3.68. The van der Waals surface area contributed by atoms with Crippen LogP contribution in [0.15, 0.2) is 46.7 Å². The van der Waals surface area contributed by atoms with Gasteiger partial charge in [0.2, 0.25) is 0 Å². The summed E-state index contributed by atoms with van der Waals surface area (Å²) in [5.74, 6) is -0.242. The van der Waals surface area contributed by atoms with Crippen molar-refractivity contribution in [1.29, 1.82) is 0 Å². The Morgan fingerprint density at radius 1 is 1.30 bits per heavy atom. The van der Waals surface area contributed by atoms with Crippen molar-refractivity contribution < 1.29 is 13.2 Å². The van der Waals surface area contributed by atoms with Crippen molar-refractivity contribution in [2.24, 2.45) is 0 Å². The van der Waals surface area contributed by atoms with Gasteiger partial charge in [-0.1, -0.05) is 25.1 Å². The lowest BCUT2D eigenvalue weighted by Gasteiger charge is -2.18. The molecule has 0 aliphatic heterocycles. The van der Waals surface area contributed by atoms with Crippen LogP contribution in [0.1, 0.15) is 29.9 Å². The highest BCUT2D eigenvalue weighted by Gasteiger charge is 2.24. The van der Waals surface area contributed by atoms with Gasteiger partial charge in [0.05, 0.1) is 15.5 Å². The SMILES string of the molecule is CCC(C)NC(=O)c1cc(S(=O)(=O)N(C)c2ccccc2)cs1. The normalized spacial score (nSPS) is 12.7. The number of para-hydroxylation sites is 1. The van der Waals surface area contributed by atoms with Gasteiger partial charge in [0.1, 0.15) is 0 Å². The minimum Gasteiger partial charge on any atom is -0.349 e. The van der Waals surface area contributed by atoms with Gasteiger partial charge < -0.3 is 5.32 Å². The van der Waals surface area contributed by atoms with Crippen LogP contribution in [0.5, 0.6) is 0 Å². The monoisotopic (exact) mass is 352 g/mol. The molecule has 23 heavy (non-hydrogen) atoms. The number of hydrogen-bond donors (Lipinski definition) is 1. The van der Waals surface area contributed by atoms with Crippen LogP contribution in [-0.2, 0) is 10.0 Å². The molecule has 0 bridgehead atoms. The smallest absolute Gasteiger partial charge is 0.264 e. The average Bonchev–Trinajstić information content (AvgIpc) is 3.05. The van der Waals surface area contributed by atoms with Crippen molar-refractivity contribution in [1.82, 2.24) is 5.32 Å². The molecule has 0 saturated heterocycles. The van der Waals surface area contributed by atoms with Crippen LogP contribution in [-0.4, -0.2) is 27.4 Å². The highest BCUT2D eigenvalue weighted by atomic mass is 32.2. The quantitative estimate of drug-likeness (QED) is 0.869. The Labute approximate surface area is 141 Å². The third kappa shape index (κ3) is 3.92. The van der Waals surface area contributed by atoms with Crippen molar-refractivity contribution >= 4 is 33.0 Å². The molecule has 7 heteroatoms. The molecular formula is C16H20N2O3S2. The number of nitrogens with zero attached hydrogens (tertiary/aromatic N) is 1. The molecule has 1 unspecified atom stereocenters. The summed E-state index contributed by atoms with van der Waals surface area (Å²) in [5.41, 5.74) is 0.573. The summed E-state index contributed by atoms with van der Waals surface area (Å²) < 4.78 is 26.5. The van der Waals surface area contributed by atoms with Crippen molar-refractivity contribution in [3.8, 4) is 0 Å². The summed E-state index contributed by atoms with van der Waals surface area (Å²) in [6.45, 7) is 3.89. The molecule has 2 aromatic rings. The number of carbonyl (C=O) groups is 1. The van der Waals surface area contributed by atoms with Crippen molar-refractivity contribution in [3.05, 3.63) is 46.7 Å². The van der Waals surface area contributed by atoms with Crippen LogP contribution in [0.3, 0.4) is 0 Å². The van der Waals surface area contributed by atoms with Gasteiger partial charge in [0, 0.05) is 18.5 Å². The van der Waals surface area contributed by atoms with Crippen molar-refractivity contribution in [2.45, 2.75) is 31.2 Å². The topological polar surface area (TPSA) is 66.5 Å². The molecule has 1 atom stereocenters. The second-order valence-corrected chi connectivity index (χ2v) is 8.12. The molecule has 1 amide bonds. The molecule has 1 aromatic carbocycles. The largest absolute Gasteiger partial charge is 0.349 e. The number of thiophene rings is 1. The second-order valence-electron chi connectivity index (χ2n) is 5.24. The van der Waals surface area contributed by atoms with Crippen molar-refractivity contribution in [2.75, 3.05) is 11.4 Å². The van der Waals surface area contributed by atoms with Crippen LogP contribution in [0.25, 0.3) is 0 Å². The number of carbonyl (C=O) groups excluding carboxylic acids is 1. The first-order valence-electron chi connectivity index (χ1n) is 7.29. The Bertz CT molecular complexity index is 770. The van der Waals surface area contributed by atoms with E-state index in [9.17, 15) is 13.2 Å². The summed E-state index contributed by atoms with van der Waals surface area (Å²) in [4.78, 5) is 12.6. The Morgan fingerprint density at radius 2 is 1.96 bits per heavy atom. The molecular weight excluding hydrogens is 332 g/mol. The highest BCUT2D eigenvalue weighted by molar-refractivity contribution is 7.93. The van der Waals surface area contributed by atoms with Crippen LogP contribution in [0.2, 0.25) is 0 Å². The summed E-state index contributed by atoms with van der Waals surface area (Å²) in [7, 11) is -2.17. The van der Waals surface area contributed by atoms with Crippen LogP contribution in [0.4, 0.5) is 5.69 Å². The molecule has 1 N–H and O–H groups in total. The number of rotatable bonds is 6. The van der Waals surface area contributed by atoms with E-state index in [0.717, 1.165) is 17.8 Å². The van der Waals surface area contributed by atoms with Gasteiger partial charge in [-0.05, 0) is 31.5 Å². The third-order valence-electron chi connectivity index (χ3n) is 3.57. The molecule has 0 aliphatic carbocycles. The Balaban J connectivity index is 2.23. The Kier molecular flexibility index (Phi) is 5.43. The summed E-state index contributed by atoms with van der Waals surface area (Å²) >= 11 is 1.13. The molecule has 124 valence electrons. The zero-order chi connectivity index (χ0) is 17.0. The minimum absolute atomic E-state index is 0.0525. The lowest BCUT2D eigenvalue weighted by molar-refractivity contribution is 0.0943. The summed E-state index contributed by atoms with van der Waals surface area (Å²) in [6.07, 6.45) is 0.818. The lowest BCUT2D eigenvalue weighted by atomic mass is 10.2. The van der Waals surface area contributed by atoms with Gasteiger partial charge in [-0.2, -0.15) is 0 Å². The summed E-state index contributed by atoms with van der Waals surface area (Å²) in [5, 5.41) is 4.33. The number of anilines is 1. The van der Waals surface area contributed by atoms with Gasteiger partial charge in [0.25, 0.3) is 15.9 Å². The van der Waals surface area contributed by atoms with Crippen LogP contribution in [0, 0.1) is 0 Å². The lowest BCUT2D eigenvalue weighted by Crippen LogP contribution is -2.31. The molecule has 0 radical (unpaired) electrons. The number of nitrogens with one attached hydrogen (secondary N) is 1. The van der Waals surface area contributed by atoms with E-state index in [1.165, 1.54) is 22.8 Å². The van der Waals surface area contributed by atoms with E-state index in [0.29, 0.717) is 10.6 Å². The average molecular weight is 352 g/mol. The predicted molar refractivity (Wildman–Crippen MR) is 93.6 cm³/mol. The maximum Gasteiger partial charge on any atom is 0.264 e. The predicted octanol–water partition coefficient (Wildman–Crippen LogP) is 3.10. The second kappa shape index (κ2) is 7.14.